The zero-order valence-electron chi connectivity index (χ0n) is 47.4. The molecule has 3 N–H and O–H groups in total. The van der Waals surface area contributed by atoms with E-state index in [2.05, 4.69) is 104 Å². The number of anilines is 2. The van der Waals surface area contributed by atoms with Crippen LogP contribution in [0, 0.1) is 22.7 Å². The summed E-state index contributed by atoms with van der Waals surface area (Å²) in [5.74, 6) is 0.335. The Balaban J connectivity index is 0.857. The fraction of sp³-hybridized carbons (Fsp3) is 0.717. The zero-order valence-corrected chi connectivity index (χ0v) is 47.4. The zero-order chi connectivity index (χ0) is 54.0. The molecule has 6 saturated heterocycles. The maximum Gasteiger partial charge on any atom is 0.324 e. The van der Waals surface area contributed by atoms with E-state index in [0.717, 1.165) is 137 Å². The van der Waals surface area contributed by atoms with Gasteiger partial charge >= 0.3 is 5.97 Å². The van der Waals surface area contributed by atoms with Crippen molar-refractivity contribution >= 4 is 46.0 Å². The van der Waals surface area contributed by atoms with Crippen LogP contribution in [0.3, 0.4) is 0 Å². The standard InChI is InChI=1S/C60H87N11O7/c1-7-70-49-17-16-41-29-44(49)46(54(70)45-30-42(33-61-50(45)38(2)76-6)66-25-23-65(5)24-26-66)32-59(3,4)37-78-58(75)47-13-10-20-71(64-47)56(73)48(31-43-34-67(41)27-28-77-43)62-55(72)53(40-11-8-9-12-40)68-21-18-60(35-68)19-22-69(36-60)57(74)52-51(63-52)39-14-15-39/h16-17,29-30,33,38-40,43,47-48,51-53,63-64H,7-15,18-28,31-32,34-37H2,1-6H3,(H,62,72)/t38-,43-,47-,48-,51?,52+,53?,60-/m0/s1. The van der Waals surface area contributed by atoms with Crippen LogP contribution in [-0.4, -0.2) is 189 Å². The molecule has 3 amide bonds. The van der Waals surface area contributed by atoms with Crippen LogP contribution in [0.4, 0.5) is 11.4 Å². The summed E-state index contributed by atoms with van der Waals surface area (Å²) in [5.41, 5.74) is 10.3. The lowest BCUT2D eigenvalue weighted by atomic mass is 9.84. The summed E-state index contributed by atoms with van der Waals surface area (Å²) in [6, 6.07) is 7.45. The van der Waals surface area contributed by atoms with Crippen LogP contribution in [0.1, 0.15) is 116 Å². The fourth-order valence-electron chi connectivity index (χ4n) is 14.8. The predicted molar refractivity (Wildman–Crippen MR) is 300 cm³/mol. The van der Waals surface area contributed by atoms with Crippen molar-refractivity contribution in [2.24, 2.45) is 22.7 Å². The lowest BCUT2D eigenvalue weighted by molar-refractivity contribution is -0.156. The van der Waals surface area contributed by atoms with Gasteiger partial charge in [-0.05, 0) is 127 Å². The number of pyridine rings is 1. The summed E-state index contributed by atoms with van der Waals surface area (Å²) in [7, 11) is 3.92. The predicted octanol–water partition coefficient (Wildman–Crippen LogP) is 5.12. The molecule has 9 aliphatic rings. The molecule has 8 fully saturated rings. The Kier molecular flexibility index (Phi) is 15.1. The largest absolute Gasteiger partial charge is 0.464 e. The smallest absolute Gasteiger partial charge is 0.324 e. The average molecular weight is 1070 g/mol. The first kappa shape index (κ1) is 53.8. The number of ether oxygens (including phenoxy) is 3. The number of fused-ring (bicyclic) bond motifs is 6. The van der Waals surface area contributed by atoms with Gasteiger partial charge in [-0.3, -0.25) is 39.4 Å². The third kappa shape index (κ3) is 10.8. The van der Waals surface area contributed by atoms with E-state index in [0.29, 0.717) is 57.5 Å². The highest BCUT2D eigenvalue weighted by Gasteiger charge is 2.55. The van der Waals surface area contributed by atoms with Gasteiger partial charge in [0.1, 0.15) is 18.1 Å². The first-order chi connectivity index (χ1) is 37.7. The molecule has 424 valence electrons. The highest BCUT2D eigenvalue weighted by molar-refractivity contribution is 5.95. The fourth-order valence-corrected chi connectivity index (χ4v) is 14.8. The van der Waals surface area contributed by atoms with E-state index in [9.17, 15) is 9.59 Å². The second-order valence-corrected chi connectivity index (χ2v) is 25.8. The minimum Gasteiger partial charge on any atom is -0.464 e. The van der Waals surface area contributed by atoms with Gasteiger partial charge in [0.05, 0.1) is 54.7 Å². The van der Waals surface area contributed by atoms with E-state index >= 15 is 9.59 Å². The third-order valence-electron chi connectivity index (χ3n) is 19.6. The molecular formula is C60H87N11O7. The van der Waals surface area contributed by atoms with Gasteiger partial charge in [-0.25, -0.2) is 5.43 Å². The van der Waals surface area contributed by atoms with E-state index in [-0.39, 0.29) is 72.3 Å². The van der Waals surface area contributed by atoms with Gasteiger partial charge in [-0.15, -0.1) is 0 Å². The van der Waals surface area contributed by atoms with Crippen LogP contribution in [-0.2, 0) is 46.4 Å². The number of esters is 1. The van der Waals surface area contributed by atoms with Gasteiger partial charge in [0, 0.05) is 125 Å². The number of carbonyl (C=O) groups is 4. The molecule has 2 saturated carbocycles. The third-order valence-corrected chi connectivity index (χ3v) is 19.6. The number of cyclic esters (lactones) is 1. The number of amides is 3. The molecule has 78 heavy (non-hydrogen) atoms. The molecule has 2 aliphatic carbocycles. The maximum absolute atomic E-state index is 15.3. The average Bonchev–Trinajstić information content (AvgIpc) is 4.42. The lowest BCUT2D eigenvalue weighted by Gasteiger charge is -2.39. The molecule has 1 spiro atoms. The number of aromatic nitrogens is 2. The van der Waals surface area contributed by atoms with Crippen molar-refractivity contribution in [1.29, 1.82) is 0 Å². The summed E-state index contributed by atoms with van der Waals surface area (Å²) in [4.78, 5) is 75.2. The van der Waals surface area contributed by atoms with Crippen LogP contribution in [0.15, 0.2) is 30.5 Å². The van der Waals surface area contributed by atoms with Crippen molar-refractivity contribution in [2.45, 2.75) is 154 Å². The molecule has 12 rings (SSSR count). The lowest BCUT2D eigenvalue weighted by Crippen LogP contribution is -2.62. The molecule has 2 aromatic heterocycles. The number of morpholine rings is 1. The molecule has 3 aromatic rings. The number of hydrogen-bond acceptors (Lipinski definition) is 14. The topological polar surface area (TPSA) is 179 Å². The number of hydrazine groups is 1. The second-order valence-electron chi connectivity index (χ2n) is 25.8. The molecular weight excluding hydrogens is 987 g/mol. The Labute approximate surface area is 461 Å². The molecule has 18 nitrogen and oxygen atoms in total. The van der Waals surface area contributed by atoms with Gasteiger partial charge in [-0.2, -0.15) is 0 Å². The number of carbonyl (C=O) groups excluding carboxylic acids is 4. The summed E-state index contributed by atoms with van der Waals surface area (Å²) in [5, 5.41) is 9.58. The van der Waals surface area contributed by atoms with Crippen LogP contribution < -0.4 is 25.9 Å². The molecule has 0 radical (unpaired) electrons. The Hall–Kier alpha value is -4.85. The van der Waals surface area contributed by atoms with Crippen LogP contribution in [0.5, 0.6) is 0 Å². The summed E-state index contributed by atoms with van der Waals surface area (Å²) < 4.78 is 21.4. The van der Waals surface area contributed by atoms with E-state index < -0.39 is 17.5 Å². The molecule has 9 heterocycles. The minimum atomic E-state index is -0.901. The Morgan fingerprint density at radius 2 is 1.72 bits per heavy atom. The summed E-state index contributed by atoms with van der Waals surface area (Å²) in [6.07, 6.45) is 11.9. The summed E-state index contributed by atoms with van der Waals surface area (Å²) >= 11 is 0. The quantitative estimate of drug-likeness (QED) is 0.170. The van der Waals surface area contributed by atoms with Crippen LogP contribution in [0.2, 0.25) is 0 Å². The van der Waals surface area contributed by atoms with Gasteiger partial charge in [0.2, 0.25) is 11.8 Å². The Morgan fingerprint density at radius 3 is 2.49 bits per heavy atom. The van der Waals surface area contributed by atoms with E-state index in [1.165, 1.54) is 18.4 Å². The highest BCUT2D eigenvalue weighted by Crippen LogP contribution is 2.46. The number of aryl methyl sites for hydroxylation is 1. The number of benzene rings is 1. The van der Waals surface area contributed by atoms with E-state index in [1.807, 2.05) is 6.20 Å². The first-order valence-electron chi connectivity index (χ1n) is 30.0. The number of nitrogens with one attached hydrogen (secondary N) is 3. The van der Waals surface area contributed by atoms with Crippen molar-refractivity contribution in [3.63, 3.8) is 0 Å². The number of piperazine rings is 1. The first-order valence-corrected chi connectivity index (χ1v) is 30.0. The minimum absolute atomic E-state index is 0.0258. The SMILES string of the molecule is CCn1c(-c2cc(N3CCN(C)CC3)cnc2[C@H](C)OC)c2c3cc(ccc31)N1CCO[C@@H](C[C@H](NC(=O)C(C3CCCC3)N3CC[C@]4(CCN(C(=O)[C@@H]5NC5C5CC5)C4)C3)C(=O)N3CCC[C@H](N3)C(=O)OCC(C)(C)C2)C1. The van der Waals surface area contributed by atoms with Gasteiger partial charge in [0.15, 0.2) is 0 Å². The molecule has 2 unspecified atom stereocenters. The number of methoxy groups -OCH3 is 1. The van der Waals surface area contributed by atoms with Crippen molar-refractivity contribution in [2.75, 3.05) is 109 Å². The maximum atomic E-state index is 15.3. The molecule has 6 bridgehead atoms. The molecule has 1 aromatic carbocycles. The second kappa shape index (κ2) is 21.9. The van der Waals surface area contributed by atoms with E-state index in [4.69, 9.17) is 19.2 Å². The highest BCUT2D eigenvalue weighted by atomic mass is 16.5. The number of hydrogen-bond donors (Lipinski definition) is 3. The molecule has 8 atom stereocenters. The molecule has 18 heteroatoms. The monoisotopic (exact) mass is 1070 g/mol. The Bertz CT molecular complexity index is 2730. The van der Waals surface area contributed by atoms with E-state index in [1.54, 1.807) is 12.1 Å². The number of likely N-dealkylation sites (tertiary alicyclic amines) is 2. The van der Waals surface area contributed by atoms with Crippen molar-refractivity contribution in [3.8, 4) is 11.3 Å². The van der Waals surface area contributed by atoms with Gasteiger partial charge < -0.3 is 43.7 Å². The number of nitrogens with zero attached hydrogens (tertiary/aromatic N) is 8. The van der Waals surface area contributed by atoms with Gasteiger partial charge in [0.25, 0.3) is 5.91 Å². The van der Waals surface area contributed by atoms with Crippen molar-refractivity contribution in [3.05, 3.63) is 41.7 Å². The summed E-state index contributed by atoms with van der Waals surface area (Å²) in [6.45, 7) is 18.5. The van der Waals surface area contributed by atoms with Crippen molar-refractivity contribution in [1.82, 2.24) is 45.3 Å². The van der Waals surface area contributed by atoms with Crippen molar-refractivity contribution < 1.29 is 33.4 Å². The number of rotatable bonds is 11. The Morgan fingerprint density at radius 1 is 0.923 bits per heavy atom. The molecule has 7 aliphatic heterocycles. The number of likely N-dealkylation sites (N-methyl/N-ethyl adjacent to an activating group) is 1. The van der Waals surface area contributed by atoms with Crippen LogP contribution >= 0.6 is 0 Å². The van der Waals surface area contributed by atoms with Gasteiger partial charge in [-0.1, -0.05) is 26.7 Å². The van der Waals surface area contributed by atoms with Crippen LogP contribution in [0.25, 0.3) is 22.2 Å². The normalized spacial score (nSPS) is 30.3.